The predicted molar refractivity (Wildman–Crippen MR) is 78.9 cm³/mol. The van der Waals surface area contributed by atoms with Crippen molar-refractivity contribution in [2.24, 2.45) is 5.92 Å². The van der Waals surface area contributed by atoms with Gasteiger partial charge in [0.15, 0.2) is 0 Å². The Balaban J connectivity index is 2.02. The van der Waals surface area contributed by atoms with E-state index in [0.29, 0.717) is 12.0 Å². The van der Waals surface area contributed by atoms with E-state index in [1.807, 2.05) is 0 Å². The molecule has 1 aromatic carbocycles. The van der Waals surface area contributed by atoms with Crippen molar-refractivity contribution in [1.29, 1.82) is 0 Å². The van der Waals surface area contributed by atoms with E-state index in [1.54, 1.807) is 0 Å². The summed E-state index contributed by atoms with van der Waals surface area (Å²) in [4.78, 5) is 0. The summed E-state index contributed by atoms with van der Waals surface area (Å²) in [6.07, 6.45) is 7.04. The van der Waals surface area contributed by atoms with Crippen molar-refractivity contribution in [1.82, 2.24) is 5.32 Å². The summed E-state index contributed by atoms with van der Waals surface area (Å²) in [5, 5.41) is 3.49. The molecule has 1 unspecified atom stereocenters. The molecule has 0 spiro atoms. The molecular weight excluding hydrogens is 218 g/mol. The van der Waals surface area contributed by atoms with Crippen LogP contribution in [0.4, 0.5) is 0 Å². The van der Waals surface area contributed by atoms with Gasteiger partial charge in [0, 0.05) is 6.04 Å². The van der Waals surface area contributed by atoms with Crippen LogP contribution < -0.4 is 5.32 Å². The Kier molecular flexibility index (Phi) is 4.82. The molecule has 100 valence electrons. The lowest BCUT2D eigenvalue weighted by atomic mass is 9.92. The fourth-order valence-corrected chi connectivity index (χ4v) is 3.11. The first kappa shape index (κ1) is 13.6. The van der Waals surface area contributed by atoms with E-state index in [-0.39, 0.29) is 0 Å². The van der Waals surface area contributed by atoms with Crippen LogP contribution in [0.15, 0.2) is 24.3 Å². The second-order valence-electron chi connectivity index (χ2n) is 6.05. The Labute approximate surface area is 112 Å². The van der Waals surface area contributed by atoms with Crippen LogP contribution >= 0.6 is 0 Å². The van der Waals surface area contributed by atoms with Gasteiger partial charge in [-0.05, 0) is 36.4 Å². The highest BCUT2D eigenvalue weighted by molar-refractivity contribution is 5.26. The van der Waals surface area contributed by atoms with Crippen molar-refractivity contribution in [3.63, 3.8) is 0 Å². The molecule has 0 heterocycles. The minimum atomic E-state index is 0.536. The maximum atomic E-state index is 3.49. The maximum Gasteiger partial charge on any atom is 0.0320 e. The van der Waals surface area contributed by atoms with Gasteiger partial charge in [-0.1, -0.05) is 63.8 Å². The Morgan fingerprint density at radius 1 is 1.06 bits per heavy atom. The van der Waals surface area contributed by atoms with Gasteiger partial charge in [-0.2, -0.15) is 0 Å². The summed E-state index contributed by atoms with van der Waals surface area (Å²) in [5.41, 5.74) is 2.89. The molecule has 1 saturated carbocycles. The Morgan fingerprint density at radius 2 is 1.61 bits per heavy atom. The summed E-state index contributed by atoms with van der Waals surface area (Å²) in [6.45, 7) is 4.51. The van der Waals surface area contributed by atoms with Crippen molar-refractivity contribution in [2.45, 2.75) is 57.9 Å². The normalized spacial score (nSPS) is 18.4. The third-order valence-electron chi connectivity index (χ3n) is 4.40. The maximum absolute atomic E-state index is 3.49. The molecule has 0 amide bonds. The van der Waals surface area contributed by atoms with Crippen LogP contribution in [0.1, 0.15) is 69.0 Å². The standard InChI is InChI=1S/C17H27N/c1-13(2)15-8-10-16(11-9-15)17(18-3)12-14-6-4-5-7-14/h8-11,13-14,17-18H,4-7,12H2,1-3H3. The van der Waals surface area contributed by atoms with Gasteiger partial charge in [-0.3, -0.25) is 0 Å². The number of nitrogens with one attached hydrogen (secondary N) is 1. The Bertz CT molecular complexity index is 346. The quantitative estimate of drug-likeness (QED) is 0.796. The van der Waals surface area contributed by atoms with Gasteiger partial charge < -0.3 is 5.32 Å². The molecule has 1 fully saturated rings. The van der Waals surface area contributed by atoms with Crippen molar-refractivity contribution < 1.29 is 0 Å². The molecule has 1 aliphatic carbocycles. The lowest BCUT2D eigenvalue weighted by Crippen LogP contribution is -2.19. The van der Waals surface area contributed by atoms with E-state index in [0.717, 1.165) is 5.92 Å². The highest BCUT2D eigenvalue weighted by Crippen LogP contribution is 2.33. The minimum absolute atomic E-state index is 0.536. The molecule has 18 heavy (non-hydrogen) atoms. The second kappa shape index (κ2) is 6.38. The van der Waals surface area contributed by atoms with Crippen LogP contribution in [-0.4, -0.2) is 7.05 Å². The Morgan fingerprint density at radius 3 is 2.11 bits per heavy atom. The molecule has 0 bridgehead atoms. The summed E-state index contributed by atoms with van der Waals surface area (Å²) in [6, 6.07) is 9.74. The first-order valence-corrected chi connectivity index (χ1v) is 7.48. The zero-order valence-corrected chi connectivity index (χ0v) is 12.1. The molecule has 0 aromatic heterocycles. The van der Waals surface area contributed by atoms with Crippen LogP contribution in [0.25, 0.3) is 0 Å². The summed E-state index contributed by atoms with van der Waals surface area (Å²) < 4.78 is 0. The number of benzene rings is 1. The van der Waals surface area contributed by atoms with Crippen molar-refractivity contribution in [2.75, 3.05) is 7.05 Å². The highest BCUT2D eigenvalue weighted by atomic mass is 14.9. The highest BCUT2D eigenvalue weighted by Gasteiger charge is 2.20. The third kappa shape index (κ3) is 3.35. The van der Waals surface area contributed by atoms with Gasteiger partial charge in [0.1, 0.15) is 0 Å². The molecule has 1 atom stereocenters. The van der Waals surface area contributed by atoms with Gasteiger partial charge in [0.05, 0.1) is 0 Å². The summed E-state index contributed by atoms with van der Waals surface area (Å²) in [5.74, 6) is 1.56. The zero-order chi connectivity index (χ0) is 13.0. The first-order chi connectivity index (χ1) is 8.70. The van der Waals surface area contributed by atoms with E-state index in [9.17, 15) is 0 Å². The van der Waals surface area contributed by atoms with Crippen molar-refractivity contribution in [3.8, 4) is 0 Å². The van der Waals surface area contributed by atoms with Crippen LogP contribution in [0, 0.1) is 5.92 Å². The molecule has 1 aliphatic rings. The largest absolute Gasteiger partial charge is 0.313 e. The first-order valence-electron chi connectivity index (χ1n) is 7.48. The molecule has 1 heteroatoms. The Hall–Kier alpha value is -0.820. The molecule has 0 radical (unpaired) electrons. The zero-order valence-electron chi connectivity index (χ0n) is 12.1. The predicted octanol–water partition coefficient (Wildman–Crippen LogP) is 4.65. The lowest BCUT2D eigenvalue weighted by molar-refractivity contribution is 0.413. The van der Waals surface area contributed by atoms with Gasteiger partial charge in [-0.25, -0.2) is 0 Å². The summed E-state index contributed by atoms with van der Waals surface area (Å²) in [7, 11) is 2.09. The van der Waals surface area contributed by atoms with Gasteiger partial charge in [-0.15, -0.1) is 0 Å². The van der Waals surface area contributed by atoms with E-state index >= 15 is 0 Å². The van der Waals surface area contributed by atoms with Crippen LogP contribution in [0.5, 0.6) is 0 Å². The van der Waals surface area contributed by atoms with Gasteiger partial charge in [0.25, 0.3) is 0 Å². The molecule has 1 nitrogen and oxygen atoms in total. The smallest absolute Gasteiger partial charge is 0.0320 e. The monoisotopic (exact) mass is 245 g/mol. The molecule has 1 aromatic rings. The number of hydrogen-bond acceptors (Lipinski definition) is 1. The number of rotatable bonds is 5. The molecular formula is C17H27N. The SMILES string of the molecule is CNC(CC1CCCC1)c1ccc(C(C)C)cc1. The van der Waals surface area contributed by atoms with Crippen molar-refractivity contribution >= 4 is 0 Å². The van der Waals surface area contributed by atoms with E-state index < -0.39 is 0 Å². The minimum Gasteiger partial charge on any atom is -0.313 e. The fraction of sp³-hybridized carbons (Fsp3) is 0.647. The van der Waals surface area contributed by atoms with E-state index in [1.165, 1.54) is 43.2 Å². The van der Waals surface area contributed by atoms with Crippen LogP contribution in [0.3, 0.4) is 0 Å². The molecule has 0 saturated heterocycles. The van der Waals surface area contributed by atoms with Gasteiger partial charge in [0.2, 0.25) is 0 Å². The van der Waals surface area contributed by atoms with Crippen LogP contribution in [0.2, 0.25) is 0 Å². The van der Waals surface area contributed by atoms with Crippen LogP contribution in [-0.2, 0) is 0 Å². The van der Waals surface area contributed by atoms with E-state index in [4.69, 9.17) is 0 Å². The van der Waals surface area contributed by atoms with Gasteiger partial charge >= 0.3 is 0 Å². The molecule has 1 N–H and O–H groups in total. The number of hydrogen-bond donors (Lipinski definition) is 1. The topological polar surface area (TPSA) is 12.0 Å². The fourth-order valence-electron chi connectivity index (χ4n) is 3.11. The third-order valence-corrected chi connectivity index (χ3v) is 4.40. The summed E-state index contributed by atoms with van der Waals surface area (Å²) >= 11 is 0. The second-order valence-corrected chi connectivity index (χ2v) is 6.05. The average Bonchev–Trinajstić information content (AvgIpc) is 2.89. The van der Waals surface area contributed by atoms with Crippen molar-refractivity contribution in [3.05, 3.63) is 35.4 Å². The van der Waals surface area contributed by atoms with E-state index in [2.05, 4.69) is 50.5 Å². The lowest BCUT2D eigenvalue weighted by Gasteiger charge is -2.21. The molecule has 0 aliphatic heterocycles. The molecule has 2 rings (SSSR count). The average molecular weight is 245 g/mol.